The fraction of sp³-hybridized carbons (Fsp3) is 0.545. The van der Waals surface area contributed by atoms with Gasteiger partial charge in [0.1, 0.15) is 11.8 Å². The highest BCUT2D eigenvalue weighted by Gasteiger charge is 2.07. The van der Waals surface area contributed by atoms with E-state index in [2.05, 4.69) is 16.1 Å². The van der Waals surface area contributed by atoms with E-state index in [1.807, 2.05) is 6.20 Å². The number of hydrogen-bond donors (Lipinski definition) is 2. The topological polar surface area (TPSA) is 86.9 Å². The average molecular weight is 270 g/mol. The number of rotatable bonds is 7. The minimum absolute atomic E-state index is 0.0543. The maximum Gasteiger partial charge on any atom is 0.212 e. The molecule has 0 bridgehead atoms. The van der Waals surface area contributed by atoms with Crippen LogP contribution in [0.3, 0.4) is 0 Å². The van der Waals surface area contributed by atoms with Gasteiger partial charge in [0, 0.05) is 32.9 Å². The first-order valence-corrected chi connectivity index (χ1v) is 7.37. The van der Waals surface area contributed by atoms with Crippen molar-refractivity contribution in [3.63, 3.8) is 0 Å². The van der Waals surface area contributed by atoms with Crippen molar-refractivity contribution in [2.24, 2.45) is 7.05 Å². The summed E-state index contributed by atoms with van der Waals surface area (Å²) >= 11 is 0. The molecule has 6 nitrogen and oxygen atoms in total. The molecule has 1 aromatic rings. The lowest BCUT2D eigenvalue weighted by molar-refractivity contribution is 0.578. The highest BCUT2D eigenvalue weighted by Crippen LogP contribution is 2.05. The smallest absolute Gasteiger partial charge is 0.212 e. The summed E-state index contributed by atoms with van der Waals surface area (Å²) in [4.78, 5) is 0. The number of hydrogen-bond acceptors (Lipinski definition) is 4. The van der Waals surface area contributed by atoms with Crippen LogP contribution in [0.1, 0.15) is 18.2 Å². The number of aromatic nitrogens is 1. The number of nitrogens with zero attached hydrogens (tertiary/aromatic N) is 2. The highest BCUT2D eigenvalue weighted by molar-refractivity contribution is 7.89. The van der Waals surface area contributed by atoms with Crippen molar-refractivity contribution < 1.29 is 8.42 Å². The van der Waals surface area contributed by atoms with Crippen molar-refractivity contribution in [1.29, 1.82) is 5.26 Å². The average Bonchev–Trinajstić information content (AvgIpc) is 2.65. The van der Waals surface area contributed by atoms with Crippen LogP contribution in [0.25, 0.3) is 0 Å². The molecule has 0 atom stereocenters. The molecule has 0 aliphatic rings. The van der Waals surface area contributed by atoms with Crippen LogP contribution in [0, 0.1) is 11.3 Å². The Morgan fingerprint density at radius 3 is 2.78 bits per heavy atom. The summed E-state index contributed by atoms with van der Waals surface area (Å²) in [5.41, 5.74) is 1.56. The molecule has 0 spiro atoms. The second-order valence-corrected chi connectivity index (χ2v) is 5.88. The molecule has 0 amide bonds. The predicted molar refractivity (Wildman–Crippen MR) is 69.3 cm³/mol. The number of nitrogens with one attached hydrogen (secondary N) is 2. The van der Waals surface area contributed by atoms with Crippen molar-refractivity contribution in [2.75, 3.05) is 18.8 Å². The van der Waals surface area contributed by atoms with Crippen LogP contribution in [-0.4, -0.2) is 31.8 Å². The fourth-order valence-electron chi connectivity index (χ4n) is 1.57. The van der Waals surface area contributed by atoms with Crippen molar-refractivity contribution in [2.45, 2.75) is 13.5 Å². The molecule has 1 rings (SSSR count). The predicted octanol–water partition coefficient (Wildman–Crippen LogP) is -0.0743. The van der Waals surface area contributed by atoms with Crippen LogP contribution < -0.4 is 10.0 Å². The summed E-state index contributed by atoms with van der Waals surface area (Å²) in [7, 11) is -1.36. The Balaban J connectivity index is 2.36. The van der Waals surface area contributed by atoms with E-state index in [9.17, 15) is 8.42 Å². The molecule has 100 valence electrons. The molecule has 0 aromatic carbocycles. The van der Waals surface area contributed by atoms with Gasteiger partial charge in [-0.2, -0.15) is 5.26 Å². The highest BCUT2D eigenvalue weighted by atomic mass is 32.2. The van der Waals surface area contributed by atoms with Gasteiger partial charge in [0.25, 0.3) is 0 Å². The second-order valence-electron chi connectivity index (χ2n) is 3.95. The standard InChI is InChI=1S/C11H18N4O2S/c1-3-14-18(16,17)5-4-13-8-10-6-11(7-12)15(2)9-10/h6,9,13-14H,3-5,8H2,1-2H3. The molecule has 1 heterocycles. The van der Waals surface area contributed by atoms with Gasteiger partial charge in [-0.25, -0.2) is 13.1 Å². The quantitative estimate of drug-likeness (QED) is 0.679. The van der Waals surface area contributed by atoms with Crippen molar-refractivity contribution in [3.8, 4) is 6.07 Å². The zero-order valence-corrected chi connectivity index (χ0v) is 11.4. The van der Waals surface area contributed by atoms with E-state index in [0.29, 0.717) is 25.3 Å². The Morgan fingerprint density at radius 1 is 1.50 bits per heavy atom. The van der Waals surface area contributed by atoms with Gasteiger partial charge < -0.3 is 9.88 Å². The number of aryl methyl sites for hydroxylation is 1. The third-order valence-electron chi connectivity index (χ3n) is 2.42. The summed E-state index contributed by atoms with van der Waals surface area (Å²) in [5, 5.41) is 11.8. The van der Waals surface area contributed by atoms with Crippen LogP contribution in [0.4, 0.5) is 0 Å². The van der Waals surface area contributed by atoms with Crippen LogP contribution >= 0.6 is 0 Å². The molecule has 0 saturated heterocycles. The lowest BCUT2D eigenvalue weighted by atomic mass is 10.3. The van der Waals surface area contributed by atoms with E-state index in [-0.39, 0.29) is 5.75 Å². The second kappa shape index (κ2) is 6.54. The SMILES string of the molecule is CCNS(=O)(=O)CCNCc1cc(C#N)n(C)c1. The number of nitriles is 1. The first kappa shape index (κ1) is 14.7. The van der Waals surface area contributed by atoms with Crippen molar-refractivity contribution in [3.05, 3.63) is 23.5 Å². The maximum absolute atomic E-state index is 11.3. The van der Waals surface area contributed by atoms with E-state index >= 15 is 0 Å². The Hall–Kier alpha value is -1.36. The molecule has 0 aliphatic carbocycles. The summed E-state index contributed by atoms with van der Waals surface area (Å²) in [5.74, 6) is 0.0543. The molecule has 18 heavy (non-hydrogen) atoms. The Morgan fingerprint density at radius 2 is 2.22 bits per heavy atom. The van der Waals surface area contributed by atoms with Gasteiger partial charge in [-0.15, -0.1) is 0 Å². The van der Waals surface area contributed by atoms with Crippen molar-refractivity contribution in [1.82, 2.24) is 14.6 Å². The normalized spacial score (nSPS) is 11.4. The van der Waals surface area contributed by atoms with Gasteiger partial charge in [0.15, 0.2) is 0 Å². The molecule has 1 aromatic heterocycles. The first-order chi connectivity index (χ1) is 8.48. The largest absolute Gasteiger partial charge is 0.342 e. The van der Waals surface area contributed by atoms with Gasteiger partial charge in [-0.1, -0.05) is 6.92 Å². The zero-order valence-electron chi connectivity index (χ0n) is 10.6. The molecule has 2 N–H and O–H groups in total. The summed E-state index contributed by atoms with van der Waals surface area (Å²) in [6.45, 7) is 3.09. The van der Waals surface area contributed by atoms with Crippen LogP contribution in [-0.2, 0) is 23.6 Å². The maximum atomic E-state index is 11.3. The van der Waals surface area contributed by atoms with Crippen LogP contribution in [0.2, 0.25) is 0 Å². The van der Waals surface area contributed by atoms with Crippen LogP contribution in [0.15, 0.2) is 12.3 Å². The lowest BCUT2D eigenvalue weighted by Crippen LogP contribution is -2.31. The van der Waals surface area contributed by atoms with E-state index in [4.69, 9.17) is 5.26 Å². The molecule has 0 saturated carbocycles. The Kier molecular flexibility index (Phi) is 5.34. The minimum atomic E-state index is -3.16. The summed E-state index contributed by atoms with van der Waals surface area (Å²) in [6.07, 6.45) is 1.85. The molecule has 7 heteroatoms. The van der Waals surface area contributed by atoms with Crippen LogP contribution in [0.5, 0.6) is 0 Å². The van der Waals surface area contributed by atoms with E-state index in [1.54, 1.807) is 24.6 Å². The molecule has 0 radical (unpaired) electrons. The molecule has 0 aliphatic heterocycles. The third-order valence-corrected chi connectivity index (χ3v) is 3.89. The van der Waals surface area contributed by atoms with E-state index in [1.165, 1.54) is 0 Å². The minimum Gasteiger partial charge on any atom is -0.342 e. The molecule has 0 fully saturated rings. The fourth-order valence-corrected chi connectivity index (χ4v) is 2.57. The van der Waals surface area contributed by atoms with E-state index < -0.39 is 10.0 Å². The monoisotopic (exact) mass is 270 g/mol. The third kappa shape index (κ3) is 4.49. The van der Waals surface area contributed by atoms with Gasteiger partial charge in [-0.3, -0.25) is 0 Å². The van der Waals surface area contributed by atoms with E-state index in [0.717, 1.165) is 5.56 Å². The van der Waals surface area contributed by atoms with Gasteiger partial charge in [0.05, 0.1) is 5.75 Å². The lowest BCUT2D eigenvalue weighted by Gasteiger charge is -2.05. The van der Waals surface area contributed by atoms with Gasteiger partial charge in [-0.05, 0) is 11.6 Å². The molecule has 0 unspecified atom stereocenters. The summed E-state index contributed by atoms with van der Waals surface area (Å²) < 4.78 is 26.9. The summed E-state index contributed by atoms with van der Waals surface area (Å²) in [6, 6.07) is 3.86. The van der Waals surface area contributed by atoms with Crippen molar-refractivity contribution >= 4 is 10.0 Å². The molecular formula is C11H18N4O2S. The Bertz CT molecular complexity index is 528. The molecular weight excluding hydrogens is 252 g/mol. The zero-order chi connectivity index (χ0) is 13.6. The number of sulfonamides is 1. The first-order valence-electron chi connectivity index (χ1n) is 5.72. The van der Waals surface area contributed by atoms with Gasteiger partial charge >= 0.3 is 0 Å². The Labute approximate surface area is 108 Å². The van der Waals surface area contributed by atoms with Gasteiger partial charge in [0.2, 0.25) is 10.0 Å².